The summed E-state index contributed by atoms with van der Waals surface area (Å²) >= 11 is 0. The number of Topliss-reactive ketones (excluding diaryl/α,β-unsaturated/α-hetero) is 1. The number of ketones is 1. The van der Waals surface area contributed by atoms with Gasteiger partial charge in [-0.3, -0.25) is 9.59 Å². The van der Waals surface area contributed by atoms with E-state index >= 15 is 0 Å². The van der Waals surface area contributed by atoms with Gasteiger partial charge in [-0.25, -0.2) is 4.39 Å². The normalized spacial score (nSPS) is 10.4. The lowest BCUT2D eigenvalue weighted by atomic mass is 10.0. The van der Waals surface area contributed by atoms with E-state index in [1.54, 1.807) is 0 Å². The molecular weight excluding hydrogens is 249 g/mol. The first-order valence-electron chi connectivity index (χ1n) is 6.10. The molecule has 1 aromatic rings. The maximum atomic E-state index is 13.1. The number of nitrogens with one attached hydrogen (secondary N) is 1. The number of hydrogen-bond donors (Lipinski definition) is 1. The van der Waals surface area contributed by atoms with E-state index in [1.165, 1.54) is 19.2 Å². The average Bonchev–Trinajstić information content (AvgIpc) is 2.35. The highest BCUT2D eigenvalue weighted by atomic mass is 19.1. The van der Waals surface area contributed by atoms with Gasteiger partial charge in [-0.2, -0.15) is 0 Å². The van der Waals surface area contributed by atoms with Crippen LogP contribution in [-0.2, 0) is 4.79 Å². The van der Waals surface area contributed by atoms with E-state index in [0.717, 1.165) is 6.07 Å². The maximum absolute atomic E-state index is 13.1. The molecule has 0 unspecified atom stereocenters. The van der Waals surface area contributed by atoms with Crippen molar-refractivity contribution < 1.29 is 18.7 Å². The molecule has 0 bridgehead atoms. The molecule has 4 nitrogen and oxygen atoms in total. The summed E-state index contributed by atoms with van der Waals surface area (Å²) in [6, 6.07) is 3.78. The van der Waals surface area contributed by atoms with Crippen molar-refractivity contribution in [3.63, 3.8) is 0 Å². The monoisotopic (exact) mass is 267 g/mol. The first kappa shape index (κ1) is 15.1. The summed E-state index contributed by atoms with van der Waals surface area (Å²) in [7, 11) is 1.41. The predicted molar refractivity (Wildman–Crippen MR) is 69.8 cm³/mol. The number of amides is 1. The van der Waals surface area contributed by atoms with Gasteiger partial charge in [0.25, 0.3) is 0 Å². The molecule has 0 aliphatic heterocycles. The molecule has 0 heterocycles. The Hall–Kier alpha value is -1.91. The standard InChI is InChI=1S/C14H18FNO3/c1-9(2)16-14(18)7-5-12(17)11-8-10(15)4-6-13(11)19-3/h4,6,8-9H,5,7H2,1-3H3,(H,16,18). The van der Waals surface area contributed by atoms with Crippen LogP contribution >= 0.6 is 0 Å². The van der Waals surface area contributed by atoms with Crippen LogP contribution in [0.1, 0.15) is 37.0 Å². The molecule has 0 atom stereocenters. The quantitative estimate of drug-likeness (QED) is 0.805. The molecule has 19 heavy (non-hydrogen) atoms. The summed E-state index contributed by atoms with van der Waals surface area (Å²) in [5.74, 6) is -0.694. The number of halogens is 1. The van der Waals surface area contributed by atoms with Crippen LogP contribution in [0.5, 0.6) is 5.75 Å². The number of hydrogen-bond acceptors (Lipinski definition) is 3. The Bertz CT molecular complexity index is 472. The van der Waals surface area contributed by atoms with Crippen LogP contribution in [0.4, 0.5) is 4.39 Å². The Balaban J connectivity index is 2.68. The summed E-state index contributed by atoms with van der Waals surface area (Å²) in [5.41, 5.74) is 0.167. The fraction of sp³-hybridized carbons (Fsp3) is 0.429. The molecule has 1 rings (SSSR count). The summed E-state index contributed by atoms with van der Waals surface area (Å²) < 4.78 is 18.1. The second kappa shape index (κ2) is 6.87. The molecule has 0 aromatic heterocycles. The minimum atomic E-state index is -0.504. The predicted octanol–water partition coefficient (Wildman–Crippen LogP) is 2.32. The largest absolute Gasteiger partial charge is 0.496 e. The van der Waals surface area contributed by atoms with Crippen LogP contribution in [0, 0.1) is 5.82 Å². The van der Waals surface area contributed by atoms with E-state index in [9.17, 15) is 14.0 Å². The zero-order valence-electron chi connectivity index (χ0n) is 11.3. The Morgan fingerprint density at radius 2 is 2.00 bits per heavy atom. The highest BCUT2D eigenvalue weighted by Gasteiger charge is 2.15. The van der Waals surface area contributed by atoms with E-state index < -0.39 is 5.82 Å². The third-order valence-electron chi connectivity index (χ3n) is 2.49. The highest BCUT2D eigenvalue weighted by molar-refractivity contribution is 6.00. The molecule has 5 heteroatoms. The second-order valence-corrected chi connectivity index (χ2v) is 4.49. The van der Waals surface area contributed by atoms with Gasteiger partial charge in [0.15, 0.2) is 5.78 Å². The third-order valence-corrected chi connectivity index (χ3v) is 2.49. The minimum Gasteiger partial charge on any atom is -0.496 e. The van der Waals surface area contributed by atoms with Gasteiger partial charge < -0.3 is 10.1 Å². The van der Waals surface area contributed by atoms with E-state index in [2.05, 4.69) is 5.32 Å². The fourth-order valence-corrected chi connectivity index (χ4v) is 1.65. The Morgan fingerprint density at radius 1 is 1.32 bits per heavy atom. The first-order valence-corrected chi connectivity index (χ1v) is 6.10. The molecule has 0 aliphatic rings. The smallest absolute Gasteiger partial charge is 0.220 e. The first-order chi connectivity index (χ1) is 8.93. The van der Waals surface area contributed by atoms with Gasteiger partial charge in [-0.1, -0.05) is 0 Å². The summed E-state index contributed by atoms with van der Waals surface area (Å²) in [6.45, 7) is 3.69. The highest BCUT2D eigenvalue weighted by Crippen LogP contribution is 2.21. The van der Waals surface area contributed by atoms with Crippen LogP contribution in [0.2, 0.25) is 0 Å². The number of ether oxygens (including phenoxy) is 1. The molecule has 1 aromatic carbocycles. The van der Waals surface area contributed by atoms with E-state index in [-0.39, 0.29) is 36.1 Å². The Kier molecular flexibility index (Phi) is 5.48. The number of rotatable bonds is 6. The lowest BCUT2D eigenvalue weighted by Gasteiger charge is -2.09. The van der Waals surface area contributed by atoms with Crippen molar-refractivity contribution in [1.82, 2.24) is 5.32 Å². The Labute approximate surface area is 112 Å². The second-order valence-electron chi connectivity index (χ2n) is 4.49. The minimum absolute atomic E-state index is 0.0262. The van der Waals surface area contributed by atoms with Crippen LogP contribution in [0.3, 0.4) is 0 Å². The van der Waals surface area contributed by atoms with Crippen molar-refractivity contribution in [3.05, 3.63) is 29.6 Å². The van der Waals surface area contributed by atoms with Crippen molar-refractivity contribution in [1.29, 1.82) is 0 Å². The number of carbonyl (C=O) groups is 2. The molecule has 104 valence electrons. The van der Waals surface area contributed by atoms with E-state index in [4.69, 9.17) is 4.74 Å². The lowest BCUT2D eigenvalue weighted by molar-refractivity contribution is -0.121. The van der Waals surface area contributed by atoms with Crippen LogP contribution in [0.15, 0.2) is 18.2 Å². The molecule has 0 saturated carbocycles. The van der Waals surface area contributed by atoms with Crippen LogP contribution < -0.4 is 10.1 Å². The zero-order valence-corrected chi connectivity index (χ0v) is 11.3. The third kappa shape index (κ3) is 4.69. The average molecular weight is 267 g/mol. The summed E-state index contributed by atoms with van der Waals surface area (Å²) in [6.07, 6.45) is 0.106. The molecular formula is C14H18FNO3. The summed E-state index contributed by atoms with van der Waals surface area (Å²) in [5, 5.41) is 2.69. The van der Waals surface area contributed by atoms with Crippen molar-refractivity contribution in [2.24, 2.45) is 0 Å². The van der Waals surface area contributed by atoms with Gasteiger partial charge in [0.2, 0.25) is 5.91 Å². The van der Waals surface area contributed by atoms with Gasteiger partial charge in [0, 0.05) is 18.9 Å². The molecule has 0 fully saturated rings. The van der Waals surface area contributed by atoms with Gasteiger partial charge in [0.1, 0.15) is 11.6 Å². The molecule has 1 N–H and O–H groups in total. The van der Waals surface area contributed by atoms with Crippen molar-refractivity contribution >= 4 is 11.7 Å². The number of benzene rings is 1. The van der Waals surface area contributed by atoms with Gasteiger partial charge in [-0.15, -0.1) is 0 Å². The fourth-order valence-electron chi connectivity index (χ4n) is 1.65. The summed E-state index contributed by atoms with van der Waals surface area (Å²) in [4.78, 5) is 23.4. The zero-order chi connectivity index (χ0) is 14.4. The van der Waals surface area contributed by atoms with Gasteiger partial charge in [-0.05, 0) is 32.0 Å². The molecule has 0 spiro atoms. The number of methoxy groups -OCH3 is 1. The SMILES string of the molecule is COc1ccc(F)cc1C(=O)CCC(=O)NC(C)C. The molecule has 0 aliphatic carbocycles. The van der Waals surface area contributed by atoms with Gasteiger partial charge >= 0.3 is 0 Å². The maximum Gasteiger partial charge on any atom is 0.220 e. The van der Waals surface area contributed by atoms with Crippen LogP contribution in [-0.4, -0.2) is 24.8 Å². The Morgan fingerprint density at radius 3 is 2.58 bits per heavy atom. The molecule has 0 radical (unpaired) electrons. The van der Waals surface area contributed by atoms with Gasteiger partial charge in [0.05, 0.1) is 12.7 Å². The van der Waals surface area contributed by atoms with Crippen molar-refractivity contribution in [2.45, 2.75) is 32.7 Å². The molecule has 0 saturated heterocycles. The van der Waals surface area contributed by atoms with Crippen LogP contribution in [0.25, 0.3) is 0 Å². The molecule has 1 amide bonds. The number of carbonyl (C=O) groups excluding carboxylic acids is 2. The van der Waals surface area contributed by atoms with E-state index in [1.807, 2.05) is 13.8 Å². The lowest BCUT2D eigenvalue weighted by Crippen LogP contribution is -2.30. The van der Waals surface area contributed by atoms with Crippen molar-refractivity contribution in [3.8, 4) is 5.75 Å². The van der Waals surface area contributed by atoms with Crippen molar-refractivity contribution in [2.75, 3.05) is 7.11 Å². The van der Waals surface area contributed by atoms with E-state index in [0.29, 0.717) is 5.75 Å². The topological polar surface area (TPSA) is 55.4 Å².